The predicted molar refractivity (Wildman–Crippen MR) is 66.2 cm³/mol. The average Bonchev–Trinajstić information content (AvgIpc) is 2.90. The number of esters is 1. The maximum absolute atomic E-state index is 10.6. The molecule has 0 amide bonds. The molecule has 0 aromatic rings. The summed E-state index contributed by atoms with van der Waals surface area (Å²) in [6, 6.07) is 0. The topological polar surface area (TPSA) is 26.3 Å². The largest absolute Gasteiger partial charge is 0.466 e. The molecule has 1 fully saturated rings. The summed E-state index contributed by atoms with van der Waals surface area (Å²) in [7, 11) is 0. The molecule has 16 heavy (non-hydrogen) atoms. The summed E-state index contributed by atoms with van der Waals surface area (Å²) < 4.78 is 4.92. The van der Waals surface area contributed by atoms with E-state index in [9.17, 15) is 4.79 Å². The maximum Gasteiger partial charge on any atom is 0.302 e. The van der Waals surface area contributed by atoms with Crippen molar-refractivity contribution in [2.75, 3.05) is 6.61 Å². The minimum absolute atomic E-state index is 0.159. The van der Waals surface area contributed by atoms with Crippen LogP contribution in [0.1, 0.15) is 66.2 Å². The van der Waals surface area contributed by atoms with Crippen LogP contribution >= 0.6 is 0 Å². The Morgan fingerprint density at radius 2 is 1.81 bits per heavy atom. The van der Waals surface area contributed by atoms with Gasteiger partial charge in [0.1, 0.15) is 0 Å². The predicted octanol–water partition coefficient (Wildman–Crippen LogP) is 3.94. The van der Waals surface area contributed by atoms with E-state index in [2.05, 4.69) is 20.8 Å². The van der Waals surface area contributed by atoms with Gasteiger partial charge < -0.3 is 4.74 Å². The molecule has 94 valence electrons. The normalized spacial score (nSPS) is 18.2. The van der Waals surface area contributed by atoms with Crippen molar-refractivity contribution >= 4 is 5.97 Å². The van der Waals surface area contributed by atoms with Gasteiger partial charge in [0.05, 0.1) is 6.61 Å². The summed E-state index contributed by atoms with van der Waals surface area (Å²) in [6.07, 6.45) is 7.63. The molecule has 0 heterocycles. The van der Waals surface area contributed by atoms with Crippen LogP contribution in [-0.4, -0.2) is 12.6 Å². The number of rotatable bonds is 6. The van der Waals surface area contributed by atoms with Gasteiger partial charge in [-0.25, -0.2) is 0 Å². The second-order valence-electron chi connectivity index (χ2n) is 6.18. The van der Waals surface area contributed by atoms with E-state index in [1.165, 1.54) is 39.0 Å². The molecule has 0 N–H and O–H groups in total. The van der Waals surface area contributed by atoms with Gasteiger partial charge in [-0.3, -0.25) is 4.79 Å². The van der Waals surface area contributed by atoms with E-state index in [4.69, 9.17) is 4.74 Å². The van der Waals surface area contributed by atoms with Crippen LogP contribution in [0.15, 0.2) is 0 Å². The number of unbranched alkanes of at least 4 members (excludes halogenated alkanes) is 2. The van der Waals surface area contributed by atoms with E-state index in [1.807, 2.05) is 0 Å². The summed E-state index contributed by atoms with van der Waals surface area (Å²) in [6.45, 7) is 9.15. The Hall–Kier alpha value is -0.530. The minimum Gasteiger partial charge on any atom is -0.466 e. The van der Waals surface area contributed by atoms with E-state index < -0.39 is 0 Å². The fourth-order valence-electron chi connectivity index (χ4n) is 2.48. The van der Waals surface area contributed by atoms with Crippen LogP contribution in [0.25, 0.3) is 0 Å². The van der Waals surface area contributed by atoms with E-state index in [-0.39, 0.29) is 5.97 Å². The van der Waals surface area contributed by atoms with Crippen LogP contribution < -0.4 is 0 Å². The van der Waals surface area contributed by atoms with E-state index in [1.54, 1.807) is 0 Å². The van der Waals surface area contributed by atoms with Crippen molar-refractivity contribution < 1.29 is 9.53 Å². The summed E-state index contributed by atoms with van der Waals surface area (Å²) in [5, 5.41) is 0. The molecule has 0 atom stereocenters. The summed E-state index contributed by atoms with van der Waals surface area (Å²) in [4.78, 5) is 10.6. The molecule has 1 rings (SSSR count). The first-order chi connectivity index (χ1) is 7.37. The van der Waals surface area contributed by atoms with Gasteiger partial charge in [-0.15, -0.1) is 0 Å². The van der Waals surface area contributed by atoms with Crippen molar-refractivity contribution in [2.45, 2.75) is 66.2 Å². The molecule has 0 aromatic carbocycles. The van der Waals surface area contributed by atoms with Gasteiger partial charge in [-0.05, 0) is 36.5 Å². The van der Waals surface area contributed by atoms with E-state index in [0.717, 1.165) is 6.42 Å². The second-order valence-corrected chi connectivity index (χ2v) is 6.18. The average molecular weight is 226 g/mol. The van der Waals surface area contributed by atoms with Crippen molar-refractivity contribution in [3.8, 4) is 0 Å². The molecule has 0 bridgehead atoms. The Bertz CT molecular complexity index is 234. The first kappa shape index (κ1) is 13.5. The highest BCUT2D eigenvalue weighted by Crippen LogP contribution is 2.61. The van der Waals surface area contributed by atoms with Gasteiger partial charge in [0.2, 0.25) is 0 Å². The summed E-state index contributed by atoms with van der Waals surface area (Å²) in [5.74, 6) is -0.159. The van der Waals surface area contributed by atoms with E-state index >= 15 is 0 Å². The molecule has 0 radical (unpaired) electrons. The number of hydrogen-bond donors (Lipinski definition) is 0. The zero-order valence-corrected chi connectivity index (χ0v) is 11.3. The highest BCUT2D eigenvalue weighted by molar-refractivity contribution is 5.65. The first-order valence-electron chi connectivity index (χ1n) is 6.51. The summed E-state index contributed by atoms with van der Waals surface area (Å²) in [5.41, 5.74) is 1.08. The van der Waals surface area contributed by atoms with Crippen molar-refractivity contribution in [1.82, 2.24) is 0 Å². The van der Waals surface area contributed by atoms with Gasteiger partial charge in [-0.1, -0.05) is 33.6 Å². The minimum atomic E-state index is -0.159. The molecule has 2 nitrogen and oxygen atoms in total. The van der Waals surface area contributed by atoms with Crippen molar-refractivity contribution in [3.63, 3.8) is 0 Å². The smallest absolute Gasteiger partial charge is 0.302 e. The number of ether oxygens (including phenoxy) is 1. The van der Waals surface area contributed by atoms with Gasteiger partial charge in [-0.2, -0.15) is 0 Å². The lowest BCUT2D eigenvalue weighted by atomic mass is 9.74. The highest BCUT2D eigenvalue weighted by Gasteiger charge is 2.50. The van der Waals surface area contributed by atoms with Gasteiger partial charge in [0.25, 0.3) is 0 Å². The Labute approximate surface area is 99.8 Å². The Balaban J connectivity index is 2.06. The lowest BCUT2D eigenvalue weighted by Gasteiger charge is -2.31. The third kappa shape index (κ3) is 3.80. The fraction of sp³-hybridized carbons (Fsp3) is 0.929. The SMILES string of the molecule is CC(=O)OCCCCCC1(C(C)(C)C)CC1. The lowest BCUT2D eigenvalue weighted by Crippen LogP contribution is -2.21. The zero-order valence-electron chi connectivity index (χ0n) is 11.3. The molecule has 1 aliphatic carbocycles. The zero-order chi connectivity index (χ0) is 12.2. The maximum atomic E-state index is 10.6. The Morgan fingerprint density at radius 1 is 1.19 bits per heavy atom. The van der Waals surface area contributed by atoms with Crippen LogP contribution in [0.5, 0.6) is 0 Å². The van der Waals surface area contributed by atoms with Gasteiger partial charge >= 0.3 is 5.97 Å². The first-order valence-corrected chi connectivity index (χ1v) is 6.51. The molecule has 0 unspecified atom stereocenters. The molecule has 0 saturated heterocycles. The standard InChI is InChI=1S/C14H26O2/c1-12(15)16-11-7-5-6-8-14(9-10-14)13(2,3)4/h5-11H2,1-4H3. The number of carbonyl (C=O) groups is 1. The van der Waals surface area contributed by atoms with Crippen molar-refractivity contribution in [3.05, 3.63) is 0 Å². The van der Waals surface area contributed by atoms with E-state index in [0.29, 0.717) is 17.4 Å². The molecule has 0 aromatic heterocycles. The van der Waals surface area contributed by atoms with Gasteiger partial charge in [0.15, 0.2) is 0 Å². The summed E-state index contributed by atoms with van der Waals surface area (Å²) >= 11 is 0. The van der Waals surface area contributed by atoms with Crippen LogP contribution in [0.4, 0.5) is 0 Å². The molecule has 1 aliphatic rings. The monoisotopic (exact) mass is 226 g/mol. The Morgan fingerprint density at radius 3 is 2.25 bits per heavy atom. The molecular weight excluding hydrogens is 200 g/mol. The molecule has 0 aliphatic heterocycles. The second kappa shape index (κ2) is 5.20. The van der Waals surface area contributed by atoms with Crippen LogP contribution in [-0.2, 0) is 9.53 Å². The lowest BCUT2D eigenvalue weighted by molar-refractivity contribution is -0.141. The molecular formula is C14H26O2. The number of hydrogen-bond acceptors (Lipinski definition) is 2. The van der Waals surface area contributed by atoms with Gasteiger partial charge in [0, 0.05) is 6.92 Å². The third-order valence-electron chi connectivity index (χ3n) is 4.05. The quantitative estimate of drug-likeness (QED) is 0.506. The van der Waals surface area contributed by atoms with Crippen molar-refractivity contribution in [2.24, 2.45) is 10.8 Å². The molecule has 1 saturated carbocycles. The Kier molecular flexibility index (Phi) is 4.40. The van der Waals surface area contributed by atoms with Crippen LogP contribution in [0.3, 0.4) is 0 Å². The van der Waals surface area contributed by atoms with Crippen molar-refractivity contribution in [1.29, 1.82) is 0 Å². The van der Waals surface area contributed by atoms with Crippen LogP contribution in [0, 0.1) is 10.8 Å². The number of carbonyl (C=O) groups excluding carboxylic acids is 1. The highest BCUT2D eigenvalue weighted by atomic mass is 16.5. The van der Waals surface area contributed by atoms with Crippen LogP contribution in [0.2, 0.25) is 0 Å². The molecule has 0 spiro atoms. The fourth-order valence-corrected chi connectivity index (χ4v) is 2.48. The molecule has 2 heteroatoms. The third-order valence-corrected chi connectivity index (χ3v) is 4.05.